The van der Waals surface area contributed by atoms with Gasteiger partial charge in [-0.1, -0.05) is 11.3 Å². The summed E-state index contributed by atoms with van der Waals surface area (Å²) in [5, 5.41) is 11.5. The first-order valence-corrected chi connectivity index (χ1v) is 6.05. The number of thiazole rings is 1. The van der Waals surface area contributed by atoms with Gasteiger partial charge in [0.15, 0.2) is 5.13 Å². The standard InChI is InChI=1S/C10H15N3O3S/c1-6-8(17-10(11)13-6)9(16)12-5-3-2-4-7(14)15/h2-5H2,1H3,(H2,11,13)(H,12,16)(H,14,15). The molecule has 7 heteroatoms. The molecule has 0 unspecified atom stereocenters. The van der Waals surface area contributed by atoms with E-state index < -0.39 is 5.97 Å². The van der Waals surface area contributed by atoms with E-state index in [0.29, 0.717) is 35.1 Å². The van der Waals surface area contributed by atoms with Gasteiger partial charge in [0.1, 0.15) is 4.88 Å². The zero-order valence-electron chi connectivity index (χ0n) is 9.52. The first kappa shape index (κ1) is 13.4. The largest absolute Gasteiger partial charge is 0.481 e. The smallest absolute Gasteiger partial charge is 0.303 e. The summed E-state index contributed by atoms with van der Waals surface area (Å²) in [7, 11) is 0. The monoisotopic (exact) mass is 257 g/mol. The molecule has 94 valence electrons. The summed E-state index contributed by atoms with van der Waals surface area (Å²) in [6.45, 7) is 2.19. The van der Waals surface area contributed by atoms with Crippen molar-refractivity contribution in [1.82, 2.24) is 10.3 Å². The number of hydrogen-bond acceptors (Lipinski definition) is 5. The SMILES string of the molecule is Cc1nc(N)sc1C(=O)NCCCCC(=O)O. The Morgan fingerprint density at radius 1 is 1.47 bits per heavy atom. The van der Waals surface area contributed by atoms with Gasteiger partial charge in [-0.25, -0.2) is 4.98 Å². The molecule has 1 amide bonds. The summed E-state index contributed by atoms with van der Waals surface area (Å²) in [5.74, 6) is -1.02. The number of rotatable bonds is 6. The second-order valence-corrected chi connectivity index (χ2v) is 4.60. The zero-order chi connectivity index (χ0) is 12.8. The summed E-state index contributed by atoms with van der Waals surface area (Å²) in [4.78, 5) is 26.4. The number of amides is 1. The third-order valence-electron chi connectivity index (χ3n) is 2.12. The van der Waals surface area contributed by atoms with E-state index in [9.17, 15) is 9.59 Å². The molecule has 0 aliphatic carbocycles. The predicted molar refractivity (Wildman–Crippen MR) is 65.1 cm³/mol. The fraction of sp³-hybridized carbons (Fsp3) is 0.500. The average molecular weight is 257 g/mol. The molecule has 4 N–H and O–H groups in total. The van der Waals surface area contributed by atoms with Crippen LogP contribution in [0.25, 0.3) is 0 Å². The highest BCUT2D eigenvalue weighted by Gasteiger charge is 2.13. The molecule has 1 heterocycles. The molecule has 1 aromatic rings. The fourth-order valence-corrected chi connectivity index (χ4v) is 2.06. The Kier molecular flexibility index (Phi) is 4.89. The lowest BCUT2D eigenvalue weighted by atomic mass is 10.2. The first-order valence-electron chi connectivity index (χ1n) is 5.23. The highest BCUT2D eigenvalue weighted by atomic mass is 32.1. The van der Waals surface area contributed by atoms with Crippen molar-refractivity contribution in [1.29, 1.82) is 0 Å². The second kappa shape index (κ2) is 6.19. The Morgan fingerprint density at radius 2 is 2.18 bits per heavy atom. The Balaban J connectivity index is 2.30. The molecular formula is C10H15N3O3S. The van der Waals surface area contributed by atoms with Gasteiger partial charge in [0.05, 0.1) is 5.69 Å². The number of nitrogens with two attached hydrogens (primary N) is 1. The molecule has 0 radical (unpaired) electrons. The van der Waals surface area contributed by atoms with Crippen LogP contribution in [0, 0.1) is 6.92 Å². The van der Waals surface area contributed by atoms with Crippen LogP contribution in [0.3, 0.4) is 0 Å². The lowest BCUT2D eigenvalue weighted by molar-refractivity contribution is -0.137. The molecule has 17 heavy (non-hydrogen) atoms. The van der Waals surface area contributed by atoms with Gasteiger partial charge in [0, 0.05) is 13.0 Å². The van der Waals surface area contributed by atoms with Crippen LogP contribution in [0.5, 0.6) is 0 Å². The third-order valence-corrected chi connectivity index (χ3v) is 3.11. The van der Waals surface area contributed by atoms with Gasteiger partial charge in [-0.3, -0.25) is 9.59 Å². The topological polar surface area (TPSA) is 105 Å². The maximum Gasteiger partial charge on any atom is 0.303 e. The number of nitrogens with one attached hydrogen (secondary N) is 1. The lowest BCUT2D eigenvalue weighted by Gasteiger charge is -2.02. The summed E-state index contributed by atoms with van der Waals surface area (Å²) >= 11 is 1.15. The molecular weight excluding hydrogens is 242 g/mol. The third kappa shape index (κ3) is 4.39. The van der Waals surface area contributed by atoms with Crippen LogP contribution < -0.4 is 11.1 Å². The number of anilines is 1. The maximum absolute atomic E-state index is 11.7. The number of carbonyl (C=O) groups excluding carboxylic acids is 1. The van der Waals surface area contributed by atoms with Crippen molar-refractivity contribution in [3.05, 3.63) is 10.6 Å². The molecule has 6 nitrogen and oxygen atoms in total. The second-order valence-electron chi connectivity index (χ2n) is 3.57. The highest BCUT2D eigenvalue weighted by molar-refractivity contribution is 7.17. The van der Waals surface area contributed by atoms with E-state index in [-0.39, 0.29) is 12.3 Å². The fourth-order valence-electron chi connectivity index (χ4n) is 1.31. The molecule has 0 spiro atoms. The number of aliphatic carboxylic acids is 1. The molecule has 1 rings (SSSR count). The van der Waals surface area contributed by atoms with Gasteiger partial charge < -0.3 is 16.2 Å². The average Bonchev–Trinajstić information content (AvgIpc) is 2.56. The minimum Gasteiger partial charge on any atom is -0.481 e. The number of carboxylic acids is 1. The summed E-state index contributed by atoms with van der Waals surface area (Å²) in [6, 6.07) is 0. The number of unbranched alkanes of at least 4 members (excludes halogenated alkanes) is 1. The number of hydrogen-bond donors (Lipinski definition) is 3. The number of nitrogen functional groups attached to an aromatic ring is 1. The van der Waals surface area contributed by atoms with Crippen LogP contribution in [0.2, 0.25) is 0 Å². The minimum atomic E-state index is -0.817. The van der Waals surface area contributed by atoms with Crippen LogP contribution >= 0.6 is 11.3 Å². The molecule has 0 aromatic carbocycles. The van der Waals surface area contributed by atoms with Gasteiger partial charge in [-0.2, -0.15) is 0 Å². The number of carboxylic acid groups (broad SMARTS) is 1. The van der Waals surface area contributed by atoms with E-state index in [1.54, 1.807) is 6.92 Å². The van der Waals surface area contributed by atoms with Gasteiger partial charge in [-0.15, -0.1) is 0 Å². The van der Waals surface area contributed by atoms with Crippen LogP contribution in [0.4, 0.5) is 5.13 Å². The number of aromatic nitrogens is 1. The van der Waals surface area contributed by atoms with Crippen LogP contribution in [0.15, 0.2) is 0 Å². The molecule has 0 saturated carbocycles. The van der Waals surface area contributed by atoms with Crippen LogP contribution in [0.1, 0.15) is 34.6 Å². The van der Waals surface area contributed by atoms with Crippen molar-refractivity contribution in [3.63, 3.8) is 0 Å². The van der Waals surface area contributed by atoms with E-state index in [1.165, 1.54) is 0 Å². The van der Waals surface area contributed by atoms with E-state index in [4.69, 9.17) is 10.8 Å². The molecule has 0 fully saturated rings. The maximum atomic E-state index is 11.7. The number of carbonyl (C=O) groups is 2. The molecule has 0 atom stereocenters. The van der Waals surface area contributed by atoms with Crippen molar-refractivity contribution in [3.8, 4) is 0 Å². The van der Waals surface area contributed by atoms with Crippen LogP contribution in [-0.2, 0) is 4.79 Å². The van der Waals surface area contributed by atoms with E-state index in [2.05, 4.69) is 10.3 Å². The highest BCUT2D eigenvalue weighted by Crippen LogP contribution is 2.19. The first-order chi connectivity index (χ1) is 8.00. The molecule has 1 aromatic heterocycles. The normalized spacial score (nSPS) is 10.2. The molecule has 0 aliphatic heterocycles. The van der Waals surface area contributed by atoms with E-state index in [0.717, 1.165) is 11.3 Å². The van der Waals surface area contributed by atoms with E-state index in [1.807, 2.05) is 0 Å². The van der Waals surface area contributed by atoms with Crippen molar-refractivity contribution in [2.45, 2.75) is 26.2 Å². The Hall–Kier alpha value is -1.63. The predicted octanol–water partition coefficient (Wildman–Crippen LogP) is 1.02. The Labute approximate surface area is 103 Å². The Bertz CT molecular complexity index is 417. The molecule has 0 bridgehead atoms. The number of nitrogens with zero attached hydrogens (tertiary/aromatic N) is 1. The van der Waals surface area contributed by atoms with Crippen molar-refractivity contribution in [2.75, 3.05) is 12.3 Å². The number of aryl methyl sites for hydroxylation is 1. The lowest BCUT2D eigenvalue weighted by Crippen LogP contribution is -2.24. The summed E-state index contributed by atoms with van der Waals surface area (Å²) < 4.78 is 0. The summed E-state index contributed by atoms with van der Waals surface area (Å²) in [5.41, 5.74) is 6.11. The Morgan fingerprint density at radius 3 is 2.71 bits per heavy atom. The molecule has 0 aliphatic rings. The quantitative estimate of drug-likeness (QED) is 0.660. The van der Waals surface area contributed by atoms with Gasteiger partial charge in [-0.05, 0) is 19.8 Å². The van der Waals surface area contributed by atoms with Gasteiger partial charge >= 0.3 is 5.97 Å². The van der Waals surface area contributed by atoms with E-state index >= 15 is 0 Å². The van der Waals surface area contributed by atoms with Crippen molar-refractivity contribution < 1.29 is 14.7 Å². The van der Waals surface area contributed by atoms with Crippen molar-refractivity contribution in [2.24, 2.45) is 0 Å². The van der Waals surface area contributed by atoms with Crippen molar-refractivity contribution >= 4 is 28.3 Å². The van der Waals surface area contributed by atoms with Crippen LogP contribution in [-0.4, -0.2) is 28.5 Å². The zero-order valence-corrected chi connectivity index (χ0v) is 10.3. The van der Waals surface area contributed by atoms with Gasteiger partial charge in [0.2, 0.25) is 0 Å². The van der Waals surface area contributed by atoms with Gasteiger partial charge in [0.25, 0.3) is 5.91 Å². The molecule has 0 saturated heterocycles. The summed E-state index contributed by atoms with van der Waals surface area (Å²) in [6.07, 6.45) is 1.33. The minimum absolute atomic E-state index is 0.127.